The van der Waals surface area contributed by atoms with Crippen LogP contribution in [0.1, 0.15) is 34.1 Å². The maximum absolute atomic E-state index is 13.5. The molecule has 2 atom stereocenters. The molecule has 6 nitrogen and oxygen atoms in total. The van der Waals surface area contributed by atoms with Crippen molar-refractivity contribution in [3.8, 4) is 0 Å². The number of hydrogen-bond acceptors (Lipinski definition) is 4. The van der Waals surface area contributed by atoms with Crippen molar-refractivity contribution >= 4 is 5.91 Å². The first kappa shape index (κ1) is 22.6. The lowest BCUT2D eigenvalue weighted by molar-refractivity contribution is 0.0549. The fourth-order valence-corrected chi connectivity index (χ4v) is 3.43. The SMILES string of the molecule is CCc1cccc(CN(C[C@@H](O)[C@@H](N)Cc2cc(F)cc(F)c2)C(=O)c2ccn[nH]2)c1. The molecule has 3 aromatic rings. The van der Waals surface area contributed by atoms with Gasteiger partial charge in [0.15, 0.2) is 0 Å². The van der Waals surface area contributed by atoms with Crippen LogP contribution in [0.25, 0.3) is 0 Å². The lowest BCUT2D eigenvalue weighted by atomic mass is 10.0. The molecule has 0 aliphatic carbocycles. The molecule has 0 radical (unpaired) electrons. The van der Waals surface area contributed by atoms with Gasteiger partial charge in [-0.25, -0.2) is 8.78 Å². The second kappa shape index (κ2) is 10.3. The smallest absolute Gasteiger partial charge is 0.272 e. The van der Waals surface area contributed by atoms with Gasteiger partial charge in [-0.1, -0.05) is 31.2 Å². The van der Waals surface area contributed by atoms with Crippen molar-refractivity contribution in [2.75, 3.05) is 6.54 Å². The lowest BCUT2D eigenvalue weighted by Gasteiger charge is -2.28. The second-order valence-electron chi connectivity index (χ2n) is 7.54. The summed E-state index contributed by atoms with van der Waals surface area (Å²) in [4.78, 5) is 14.5. The van der Waals surface area contributed by atoms with E-state index in [1.54, 1.807) is 6.07 Å². The van der Waals surface area contributed by atoms with Crippen molar-refractivity contribution in [2.45, 2.75) is 38.5 Å². The number of nitrogens with one attached hydrogen (secondary N) is 1. The predicted octanol–water partition coefficient (Wildman–Crippen LogP) is 2.82. The van der Waals surface area contributed by atoms with Crippen LogP contribution in [0.2, 0.25) is 0 Å². The third-order valence-corrected chi connectivity index (χ3v) is 5.09. The Morgan fingerprint density at radius 2 is 1.84 bits per heavy atom. The van der Waals surface area contributed by atoms with Crippen LogP contribution in [-0.2, 0) is 19.4 Å². The summed E-state index contributed by atoms with van der Waals surface area (Å²) in [5, 5.41) is 17.1. The molecular formula is C23H26F2N4O2. The van der Waals surface area contributed by atoms with Crippen LogP contribution in [-0.4, -0.2) is 44.8 Å². The fourth-order valence-electron chi connectivity index (χ4n) is 3.43. The van der Waals surface area contributed by atoms with Gasteiger partial charge in [0.25, 0.3) is 5.91 Å². The molecule has 164 valence electrons. The van der Waals surface area contributed by atoms with Crippen molar-refractivity contribution in [3.63, 3.8) is 0 Å². The molecule has 0 saturated heterocycles. The molecule has 0 aliphatic heterocycles. The highest BCUT2D eigenvalue weighted by Crippen LogP contribution is 2.15. The van der Waals surface area contributed by atoms with Gasteiger partial charge in [-0.3, -0.25) is 9.89 Å². The van der Waals surface area contributed by atoms with E-state index in [0.717, 1.165) is 23.6 Å². The van der Waals surface area contributed by atoms with Crippen molar-refractivity contribution in [1.29, 1.82) is 0 Å². The number of rotatable bonds is 9. The predicted molar refractivity (Wildman–Crippen MR) is 113 cm³/mol. The highest BCUT2D eigenvalue weighted by Gasteiger charge is 2.24. The van der Waals surface area contributed by atoms with Crippen molar-refractivity contribution in [1.82, 2.24) is 15.1 Å². The third kappa shape index (κ3) is 6.19. The van der Waals surface area contributed by atoms with Gasteiger partial charge in [0.1, 0.15) is 17.3 Å². The molecule has 0 aliphatic rings. The van der Waals surface area contributed by atoms with Gasteiger partial charge in [0.05, 0.1) is 6.10 Å². The maximum Gasteiger partial charge on any atom is 0.272 e. The van der Waals surface area contributed by atoms with Crippen molar-refractivity contribution in [2.24, 2.45) is 5.73 Å². The Bertz CT molecular complexity index is 990. The topological polar surface area (TPSA) is 95.2 Å². The molecule has 0 bridgehead atoms. The number of aliphatic hydroxyl groups is 1. The number of amides is 1. The molecule has 1 aromatic heterocycles. The Morgan fingerprint density at radius 3 is 2.48 bits per heavy atom. The largest absolute Gasteiger partial charge is 0.390 e. The molecule has 0 fully saturated rings. The average Bonchev–Trinajstić information content (AvgIpc) is 3.27. The highest BCUT2D eigenvalue weighted by atomic mass is 19.1. The van der Waals surface area contributed by atoms with Gasteiger partial charge < -0.3 is 15.7 Å². The Labute approximate surface area is 179 Å². The minimum absolute atomic E-state index is 0.0484. The lowest BCUT2D eigenvalue weighted by Crippen LogP contribution is -2.46. The molecule has 1 heterocycles. The average molecular weight is 428 g/mol. The number of halogens is 2. The molecule has 0 unspecified atom stereocenters. The summed E-state index contributed by atoms with van der Waals surface area (Å²) in [6.45, 7) is 2.27. The third-order valence-electron chi connectivity index (χ3n) is 5.09. The summed E-state index contributed by atoms with van der Waals surface area (Å²) < 4.78 is 26.9. The summed E-state index contributed by atoms with van der Waals surface area (Å²) in [6, 6.07) is 11.7. The van der Waals surface area contributed by atoms with Crippen LogP contribution < -0.4 is 5.73 Å². The van der Waals surface area contributed by atoms with Crippen molar-refractivity contribution in [3.05, 3.63) is 88.7 Å². The summed E-state index contributed by atoms with van der Waals surface area (Å²) in [5.41, 5.74) is 8.79. The van der Waals surface area contributed by atoms with E-state index in [1.165, 1.54) is 23.2 Å². The Kier molecular flexibility index (Phi) is 7.49. The highest BCUT2D eigenvalue weighted by molar-refractivity contribution is 5.92. The monoisotopic (exact) mass is 428 g/mol. The van der Waals surface area contributed by atoms with Gasteiger partial charge in [0, 0.05) is 31.4 Å². The Morgan fingerprint density at radius 1 is 1.13 bits per heavy atom. The van der Waals surface area contributed by atoms with Gasteiger partial charge >= 0.3 is 0 Å². The number of carbonyl (C=O) groups is 1. The molecule has 31 heavy (non-hydrogen) atoms. The first-order valence-electron chi connectivity index (χ1n) is 10.1. The quantitative estimate of drug-likeness (QED) is 0.488. The van der Waals surface area contributed by atoms with E-state index in [4.69, 9.17) is 5.73 Å². The van der Waals surface area contributed by atoms with Crippen molar-refractivity contribution < 1.29 is 18.7 Å². The molecule has 3 rings (SSSR count). The Balaban J connectivity index is 1.75. The van der Waals surface area contributed by atoms with Gasteiger partial charge in [-0.2, -0.15) is 5.10 Å². The Hall–Kier alpha value is -3.10. The van der Waals surface area contributed by atoms with E-state index in [1.807, 2.05) is 31.2 Å². The fraction of sp³-hybridized carbons (Fsp3) is 0.304. The molecule has 2 aromatic carbocycles. The first-order chi connectivity index (χ1) is 14.9. The normalized spacial score (nSPS) is 13.1. The molecule has 1 amide bonds. The van der Waals surface area contributed by atoms with E-state index in [0.29, 0.717) is 11.3 Å². The van der Waals surface area contributed by atoms with Gasteiger partial charge in [-0.15, -0.1) is 0 Å². The number of hydrogen-bond donors (Lipinski definition) is 3. The van der Waals surface area contributed by atoms with Crippen LogP contribution in [0, 0.1) is 11.6 Å². The second-order valence-corrected chi connectivity index (χ2v) is 7.54. The number of H-pyrrole nitrogens is 1. The number of nitrogens with zero attached hydrogens (tertiary/aromatic N) is 2. The van der Waals surface area contributed by atoms with Gasteiger partial charge in [-0.05, 0) is 47.7 Å². The molecule has 0 saturated carbocycles. The summed E-state index contributed by atoms with van der Waals surface area (Å²) >= 11 is 0. The van der Waals surface area contributed by atoms with E-state index in [9.17, 15) is 18.7 Å². The number of aromatic amines is 1. The minimum Gasteiger partial charge on any atom is -0.390 e. The van der Waals surface area contributed by atoms with Crippen LogP contribution in [0.3, 0.4) is 0 Å². The van der Waals surface area contributed by atoms with Crippen LogP contribution in [0.5, 0.6) is 0 Å². The zero-order valence-corrected chi connectivity index (χ0v) is 17.3. The van der Waals surface area contributed by atoms with Crippen LogP contribution in [0.15, 0.2) is 54.7 Å². The van der Waals surface area contributed by atoms with E-state index in [-0.39, 0.29) is 25.4 Å². The van der Waals surface area contributed by atoms with E-state index in [2.05, 4.69) is 10.2 Å². The number of aryl methyl sites for hydroxylation is 1. The maximum atomic E-state index is 13.5. The molecular weight excluding hydrogens is 402 g/mol. The molecule has 8 heteroatoms. The van der Waals surface area contributed by atoms with Gasteiger partial charge in [0.2, 0.25) is 0 Å². The number of aliphatic hydroxyl groups excluding tert-OH is 1. The summed E-state index contributed by atoms with van der Waals surface area (Å²) in [5.74, 6) is -1.74. The first-order valence-corrected chi connectivity index (χ1v) is 10.1. The summed E-state index contributed by atoms with van der Waals surface area (Å²) in [7, 11) is 0. The number of benzene rings is 2. The summed E-state index contributed by atoms with van der Waals surface area (Å²) in [6.07, 6.45) is 1.30. The number of carbonyl (C=O) groups excluding carboxylic acids is 1. The van der Waals surface area contributed by atoms with Crippen LogP contribution >= 0.6 is 0 Å². The van der Waals surface area contributed by atoms with E-state index < -0.39 is 23.8 Å². The minimum atomic E-state index is -1.10. The molecule has 4 N–H and O–H groups in total. The zero-order valence-electron chi connectivity index (χ0n) is 17.3. The zero-order chi connectivity index (χ0) is 22.4. The number of nitrogens with two attached hydrogens (primary N) is 1. The van der Waals surface area contributed by atoms with E-state index >= 15 is 0 Å². The standard InChI is InChI=1S/C23H26F2N4O2/c1-2-15-4-3-5-16(8-15)13-29(23(31)21-6-7-27-28-21)14-22(30)20(26)11-17-9-18(24)12-19(25)10-17/h3-10,12,20,22,30H,2,11,13-14,26H2,1H3,(H,27,28)/t20-,22+/m0/s1. The number of aromatic nitrogens is 2. The van der Waals surface area contributed by atoms with Crippen LogP contribution in [0.4, 0.5) is 8.78 Å². The molecule has 0 spiro atoms.